The number of aromatic nitrogens is 4. The number of carbonyl (C=O) groups is 2. The van der Waals surface area contributed by atoms with Gasteiger partial charge in [0.15, 0.2) is 5.69 Å². The molecule has 1 aliphatic carbocycles. The molecule has 1 N–H and O–H groups in total. The van der Waals surface area contributed by atoms with Crippen LogP contribution in [0.4, 0.5) is 18.9 Å². The highest BCUT2D eigenvalue weighted by Gasteiger charge is 2.43. The molecule has 0 spiro atoms. The molecule has 3 heterocycles. The molecule has 0 aromatic carbocycles. The monoisotopic (exact) mass is 532 g/mol. The van der Waals surface area contributed by atoms with Crippen molar-refractivity contribution in [3.05, 3.63) is 27.8 Å². The third-order valence-corrected chi connectivity index (χ3v) is 6.55. The van der Waals surface area contributed by atoms with Crippen molar-refractivity contribution < 1.29 is 27.5 Å². The van der Waals surface area contributed by atoms with Crippen LogP contribution in [-0.2, 0) is 22.3 Å². The van der Waals surface area contributed by atoms with Gasteiger partial charge < -0.3 is 15.0 Å². The Hall–Kier alpha value is -2.41. The molecular weight excluding hydrogens is 509 g/mol. The van der Waals surface area contributed by atoms with Crippen molar-refractivity contribution in [1.82, 2.24) is 24.5 Å². The Morgan fingerprint density at radius 2 is 1.97 bits per heavy atom. The molecule has 2 aliphatic rings. The quantitative estimate of drug-likeness (QED) is 0.615. The number of ether oxygens (including phenoxy) is 1. The van der Waals surface area contributed by atoms with Gasteiger partial charge >= 0.3 is 6.18 Å². The predicted molar refractivity (Wildman–Crippen MR) is 115 cm³/mol. The molecule has 0 bridgehead atoms. The zero-order valence-electron chi connectivity index (χ0n) is 18.2. The van der Waals surface area contributed by atoms with Crippen LogP contribution < -0.4 is 5.32 Å². The van der Waals surface area contributed by atoms with Gasteiger partial charge in [0.25, 0.3) is 5.91 Å². The van der Waals surface area contributed by atoms with Crippen LogP contribution in [0.15, 0.2) is 10.7 Å². The summed E-state index contributed by atoms with van der Waals surface area (Å²) < 4.78 is 48.1. The van der Waals surface area contributed by atoms with Crippen LogP contribution in [0.1, 0.15) is 60.5 Å². The van der Waals surface area contributed by atoms with Crippen LogP contribution in [0.2, 0.25) is 0 Å². The Labute approximate surface area is 196 Å². The molecule has 2 fully saturated rings. The largest absolute Gasteiger partial charge is 0.436 e. The summed E-state index contributed by atoms with van der Waals surface area (Å²) in [5.41, 5.74) is -0.259. The molecule has 0 radical (unpaired) electrons. The Morgan fingerprint density at radius 3 is 2.55 bits per heavy atom. The minimum absolute atomic E-state index is 0.0838. The fourth-order valence-electron chi connectivity index (χ4n) is 3.83. The number of aryl methyl sites for hydroxylation is 1. The highest BCUT2D eigenvalue weighted by molar-refractivity contribution is 9.10. The van der Waals surface area contributed by atoms with Gasteiger partial charge in [-0.2, -0.15) is 23.4 Å². The van der Waals surface area contributed by atoms with Gasteiger partial charge in [0.05, 0.1) is 35.3 Å². The van der Waals surface area contributed by atoms with Gasteiger partial charge in [0.1, 0.15) is 11.7 Å². The average Bonchev–Trinajstić information content (AvgIpc) is 3.44. The summed E-state index contributed by atoms with van der Waals surface area (Å²) in [6.07, 6.45) is -1.80. The van der Waals surface area contributed by atoms with E-state index < -0.39 is 23.8 Å². The number of carbonyl (C=O) groups excluding carboxylic acids is 2. The third-order valence-electron chi connectivity index (χ3n) is 5.76. The average molecular weight is 533 g/mol. The number of halogens is 4. The van der Waals surface area contributed by atoms with Crippen LogP contribution >= 0.6 is 15.9 Å². The lowest BCUT2D eigenvalue weighted by Crippen LogP contribution is -2.42. The molecule has 1 saturated carbocycles. The molecule has 13 heteroatoms. The predicted octanol–water partition coefficient (Wildman–Crippen LogP) is 3.43. The minimum Gasteiger partial charge on any atom is -0.378 e. The number of alkyl halides is 3. The van der Waals surface area contributed by atoms with Gasteiger partial charge in [0, 0.05) is 25.6 Å². The van der Waals surface area contributed by atoms with E-state index in [9.17, 15) is 22.8 Å². The van der Waals surface area contributed by atoms with Crippen LogP contribution in [0.3, 0.4) is 0 Å². The number of anilines is 1. The first-order valence-electron chi connectivity index (χ1n) is 10.7. The number of amides is 2. The first-order valence-corrected chi connectivity index (χ1v) is 11.5. The first-order chi connectivity index (χ1) is 15.6. The molecule has 2 aromatic rings. The lowest BCUT2D eigenvalue weighted by molar-refractivity contribution is -0.142. The molecule has 1 aliphatic heterocycles. The lowest BCUT2D eigenvalue weighted by atomic mass is 10.2. The molecule has 1 unspecified atom stereocenters. The van der Waals surface area contributed by atoms with Crippen molar-refractivity contribution >= 4 is 33.4 Å². The van der Waals surface area contributed by atoms with Crippen LogP contribution in [0.25, 0.3) is 0 Å². The third kappa shape index (κ3) is 4.65. The zero-order valence-corrected chi connectivity index (χ0v) is 19.7. The van der Waals surface area contributed by atoms with Crippen LogP contribution in [-0.4, -0.2) is 62.6 Å². The van der Waals surface area contributed by atoms with E-state index in [2.05, 4.69) is 31.4 Å². The zero-order chi connectivity index (χ0) is 23.9. The Kier molecular flexibility index (Phi) is 6.54. The number of hydrogen-bond acceptors (Lipinski definition) is 5. The smallest absolute Gasteiger partial charge is 0.378 e. The SMILES string of the molecule is CCn1ncc(NC(=O)C(C)n2nc(C(F)(F)F)c(Br)c2C2CC2)c1C(=O)N1CCOCC1. The van der Waals surface area contributed by atoms with E-state index in [-0.39, 0.29) is 27.7 Å². The molecule has 2 amide bonds. The molecule has 180 valence electrons. The number of hydrogen-bond donors (Lipinski definition) is 1. The van der Waals surface area contributed by atoms with Crippen molar-refractivity contribution in [2.24, 2.45) is 0 Å². The molecule has 33 heavy (non-hydrogen) atoms. The fraction of sp³-hybridized carbons (Fsp3) is 0.600. The van der Waals surface area contributed by atoms with Gasteiger partial charge in [-0.05, 0) is 42.6 Å². The minimum atomic E-state index is -4.65. The fourth-order valence-corrected chi connectivity index (χ4v) is 4.64. The number of morpholine rings is 1. The van der Waals surface area contributed by atoms with E-state index in [4.69, 9.17) is 4.74 Å². The highest BCUT2D eigenvalue weighted by atomic mass is 79.9. The second kappa shape index (κ2) is 9.09. The normalized spacial score (nSPS) is 17.8. The second-order valence-electron chi connectivity index (χ2n) is 8.06. The van der Waals surface area contributed by atoms with E-state index in [1.165, 1.54) is 17.8 Å². The summed E-state index contributed by atoms with van der Waals surface area (Å²) >= 11 is 3.04. The molecule has 2 aromatic heterocycles. The van der Waals surface area contributed by atoms with Crippen LogP contribution in [0, 0.1) is 0 Å². The molecule has 4 rings (SSSR count). The second-order valence-corrected chi connectivity index (χ2v) is 8.85. The Balaban J connectivity index is 1.61. The van der Waals surface area contributed by atoms with E-state index >= 15 is 0 Å². The maximum atomic E-state index is 13.4. The lowest BCUT2D eigenvalue weighted by Gasteiger charge is -2.27. The summed E-state index contributed by atoms with van der Waals surface area (Å²) in [6.45, 7) is 5.39. The van der Waals surface area contributed by atoms with Crippen molar-refractivity contribution in [1.29, 1.82) is 0 Å². The molecule has 1 saturated heterocycles. The Morgan fingerprint density at radius 1 is 1.30 bits per heavy atom. The first kappa shape index (κ1) is 23.7. The van der Waals surface area contributed by atoms with Gasteiger partial charge in [-0.1, -0.05) is 0 Å². The van der Waals surface area contributed by atoms with Crippen molar-refractivity contribution in [3.8, 4) is 0 Å². The topological polar surface area (TPSA) is 94.3 Å². The summed E-state index contributed by atoms with van der Waals surface area (Å²) in [5.74, 6) is -0.965. The summed E-state index contributed by atoms with van der Waals surface area (Å²) in [7, 11) is 0. The Bertz CT molecular complexity index is 1060. The molecular formula is C20H24BrF3N6O3. The molecule has 1 atom stereocenters. The maximum Gasteiger partial charge on any atom is 0.436 e. The van der Waals surface area contributed by atoms with Crippen molar-refractivity contribution in [2.75, 3.05) is 31.6 Å². The standard InChI is InChI=1S/C20H24BrF3N6O3/c1-3-29-16(19(32)28-6-8-33-9-7-28)13(10-25-29)26-18(31)11(2)30-15(12-4-5-12)14(21)17(27-30)20(22,23)24/h10-12H,3-9H2,1-2H3,(H,26,31). The number of rotatable bonds is 6. The van der Waals surface area contributed by atoms with Gasteiger partial charge in [-0.3, -0.25) is 19.0 Å². The number of nitrogens with one attached hydrogen (secondary N) is 1. The number of nitrogens with zero attached hydrogens (tertiary/aromatic N) is 5. The summed E-state index contributed by atoms with van der Waals surface area (Å²) in [4.78, 5) is 27.8. The van der Waals surface area contributed by atoms with Crippen LogP contribution in [0.5, 0.6) is 0 Å². The summed E-state index contributed by atoms with van der Waals surface area (Å²) in [6, 6.07) is -1.04. The van der Waals surface area contributed by atoms with E-state index in [0.29, 0.717) is 38.5 Å². The van der Waals surface area contributed by atoms with Gasteiger partial charge in [-0.15, -0.1) is 0 Å². The highest BCUT2D eigenvalue weighted by Crippen LogP contribution is 2.47. The van der Waals surface area contributed by atoms with Crippen molar-refractivity contribution in [3.63, 3.8) is 0 Å². The van der Waals surface area contributed by atoms with Gasteiger partial charge in [-0.25, -0.2) is 0 Å². The summed E-state index contributed by atoms with van der Waals surface area (Å²) in [5, 5.41) is 10.6. The van der Waals surface area contributed by atoms with E-state index in [1.54, 1.807) is 4.90 Å². The van der Waals surface area contributed by atoms with E-state index in [0.717, 1.165) is 17.5 Å². The van der Waals surface area contributed by atoms with Crippen molar-refractivity contribution in [2.45, 2.75) is 51.4 Å². The van der Waals surface area contributed by atoms with Gasteiger partial charge in [0.2, 0.25) is 5.91 Å². The van der Waals surface area contributed by atoms with E-state index in [1.807, 2.05) is 6.92 Å². The molecule has 9 nitrogen and oxygen atoms in total. The maximum absolute atomic E-state index is 13.4.